The first kappa shape index (κ1) is 22.5. The largest absolute Gasteiger partial charge is 0.398 e. The number of anilines is 1. The van der Waals surface area contributed by atoms with E-state index in [4.69, 9.17) is 10.7 Å². The molecule has 0 aliphatic carbocycles. The van der Waals surface area contributed by atoms with Crippen molar-refractivity contribution in [2.45, 2.75) is 5.54 Å². The topological polar surface area (TPSA) is 65.2 Å². The first-order valence-corrected chi connectivity index (χ1v) is 13.0. The lowest BCUT2D eigenvalue weighted by atomic mass is 9.98. The average molecular weight is 493 g/mol. The Labute approximate surface area is 222 Å². The molecule has 0 amide bonds. The molecule has 184 valence electrons. The van der Waals surface area contributed by atoms with Crippen molar-refractivity contribution >= 4 is 33.7 Å². The summed E-state index contributed by atoms with van der Waals surface area (Å²) in [5, 5.41) is 6.01. The minimum absolute atomic E-state index is 0.125. The number of nitrogens with two attached hydrogens (primary N) is 1. The van der Waals surface area contributed by atoms with E-state index in [-0.39, 0.29) is 5.54 Å². The highest BCUT2D eigenvalue weighted by atomic mass is 15.2. The van der Waals surface area contributed by atoms with Crippen LogP contribution in [-0.2, 0) is 5.54 Å². The van der Waals surface area contributed by atoms with Gasteiger partial charge in [-0.25, -0.2) is 0 Å². The number of para-hydroxylation sites is 1. The molecule has 38 heavy (non-hydrogen) atoms. The fourth-order valence-electron chi connectivity index (χ4n) is 5.48. The Morgan fingerprint density at radius 2 is 1.50 bits per heavy atom. The Morgan fingerprint density at radius 3 is 2.29 bits per heavy atom. The van der Waals surface area contributed by atoms with Crippen LogP contribution in [-0.4, -0.2) is 23.9 Å². The van der Waals surface area contributed by atoms with Gasteiger partial charge in [-0.15, -0.1) is 0 Å². The summed E-state index contributed by atoms with van der Waals surface area (Å²) in [5.41, 5.74) is 15.3. The van der Waals surface area contributed by atoms with E-state index in [0.717, 1.165) is 40.1 Å². The summed E-state index contributed by atoms with van der Waals surface area (Å²) in [4.78, 5) is 4.78. The van der Waals surface area contributed by atoms with Gasteiger partial charge in [0.25, 0.3) is 0 Å². The number of fused-ring (bicyclic) bond motifs is 3. The molecule has 7 rings (SSSR count). The van der Waals surface area contributed by atoms with Crippen LogP contribution in [0.4, 0.5) is 5.69 Å². The number of aliphatic imine (C=N–C) groups is 1. The smallest absolute Gasteiger partial charge is 0.0760 e. The van der Waals surface area contributed by atoms with E-state index in [1.54, 1.807) is 0 Å². The molecule has 1 fully saturated rings. The van der Waals surface area contributed by atoms with Gasteiger partial charge in [0, 0.05) is 40.5 Å². The minimum atomic E-state index is -0.125. The van der Waals surface area contributed by atoms with Gasteiger partial charge < -0.3 is 15.6 Å². The Bertz CT molecular complexity index is 1800. The second kappa shape index (κ2) is 9.02. The Hall–Kier alpha value is -4.67. The zero-order chi connectivity index (χ0) is 25.5. The number of nitrogens with zero attached hydrogens (tertiary/aromatic N) is 2. The molecular weight excluding hydrogens is 464 g/mol. The average Bonchev–Trinajstić information content (AvgIpc) is 3.69. The van der Waals surface area contributed by atoms with Crippen LogP contribution < -0.4 is 11.1 Å². The van der Waals surface area contributed by atoms with Gasteiger partial charge in [0.2, 0.25) is 0 Å². The van der Waals surface area contributed by atoms with E-state index >= 15 is 0 Å². The van der Waals surface area contributed by atoms with Crippen LogP contribution in [0.5, 0.6) is 0 Å². The SMILES string of the molecule is Nc1cc2c(cc1-c1ccccc1)c1ccccc1n2-c1cccc(C2(CN=Cc3ccccc3)CN2)c1. The Balaban J connectivity index is 1.32. The third-order valence-corrected chi connectivity index (χ3v) is 7.59. The monoisotopic (exact) mass is 492 g/mol. The first-order valence-electron chi connectivity index (χ1n) is 13.0. The lowest BCUT2D eigenvalue weighted by molar-refractivity contribution is 0.689. The molecule has 3 N–H and O–H groups in total. The maximum absolute atomic E-state index is 6.66. The van der Waals surface area contributed by atoms with Gasteiger partial charge >= 0.3 is 0 Å². The summed E-state index contributed by atoms with van der Waals surface area (Å²) in [7, 11) is 0. The van der Waals surface area contributed by atoms with Crippen LogP contribution in [0, 0.1) is 0 Å². The predicted octanol–water partition coefficient (Wildman–Crippen LogP) is 6.95. The van der Waals surface area contributed by atoms with Gasteiger partial charge in [-0.05, 0) is 47.0 Å². The minimum Gasteiger partial charge on any atom is -0.398 e. The van der Waals surface area contributed by atoms with Crippen molar-refractivity contribution in [2.24, 2.45) is 4.99 Å². The highest BCUT2D eigenvalue weighted by molar-refractivity contribution is 6.12. The first-order chi connectivity index (χ1) is 18.7. The van der Waals surface area contributed by atoms with Gasteiger partial charge in [-0.3, -0.25) is 4.99 Å². The van der Waals surface area contributed by atoms with E-state index in [1.807, 2.05) is 30.5 Å². The van der Waals surface area contributed by atoms with Crippen molar-refractivity contribution < 1.29 is 0 Å². The van der Waals surface area contributed by atoms with Gasteiger partial charge in [-0.1, -0.05) is 91.0 Å². The molecule has 0 saturated carbocycles. The molecule has 2 heterocycles. The van der Waals surface area contributed by atoms with Crippen molar-refractivity contribution in [1.29, 1.82) is 0 Å². The highest BCUT2D eigenvalue weighted by Gasteiger charge is 2.43. The number of nitrogens with one attached hydrogen (secondary N) is 1. The van der Waals surface area contributed by atoms with E-state index in [0.29, 0.717) is 6.54 Å². The van der Waals surface area contributed by atoms with Crippen LogP contribution in [0.15, 0.2) is 126 Å². The number of aromatic nitrogens is 1. The van der Waals surface area contributed by atoms with E-state index in [1.165, 1.54) is 21.9 Å². The standard InChI is InChI=1S/C34H28N4/c35-31-20-33-30(19-29(31)25-12-5-2-6-13-25)28-16-7-8-17-32(28)38(33)27-15-9-14-26(18-27)34(23-37-34)22-36-21-24-10-3-1-4-11-24/h1-21,37H,22-23,35H2. The van der Waals surface area contributed by atoms with Crippen LogP contribution in [0.1, 0.15) is 11.1 Å². The van der Waals surface area contributed by atoms with Crippen molar-refractivity contribution in [3.8, 4) is 16.8 Å². The van der Waals surface area contributed by atoms with Gasteiger partial charge in [0.15, 0.2) is 0 Å². The van der Waals surface area contributed by atoms with Crippen LogP contribution in [0.2, 0.25) is 0 Å². The normalized spacial score (nSPS) is 16.9. The van der Waals surface area contributed by atoms with Crippen LogP contribution >= 0.6 is 0 Å². The Kier molecular flexibility index (Phi) is 5.34. The summed E-state index contributed by atoms with van der Waals surface area (Å²) in [6.45, 7) is 1.62. The molecule has 6 aromatic rings. The molecule has 1 aliphatic heterocycles. The van der Waals surface area contributed by atoms with E-state index in [2.05, 4.69) is 107 Å². The van der Waals surface area contributed by atoms with Gasteiger partial charge in [-0.2, -0.15) is 0 Å². The molecule has 1 saturated heterocycles. The fraction of sp³-hybridized carbons (Fsp3) is 0.0882. The van der Waals surface area contributed by atoms with Crippen LogP contribution in [0.3, 0.4) is 0 Å². The predicted molar refractivity (Wildman–Crippen MR) is 159 cm³/mol. The van der Waals surface area contributed by atoms with Crippen molar-refractivity contribution in [1.82, 2.24) is 9.88 Å². The summed E-state index contributed by atoms with van der Waals surface area (Å²) in [6.07, 6.45) is 1.96. The highest BCUT2D eigenvalue weighted by Crippen LogP contribution is 2.39. The molecule has 1 unspecified atom stereocenters. The number of nitrogen functional groups attached to an aromatic ring is 1. The quantitative estimate of drug-likeness (QED) is 0.150. The zero-order valence-electron chi connectivity index (χ0n) is 21.0. The molecule has 1 aliphatic rings. The fourth-order valence-corrected chi connectivity index (χ4v) is 5.48. The molecule has 5 aromatic carbocycles. The van der Waals surface area contributed by atoms with E-state index in [9.17, 15) is 0 Å². The summed E-state index contributed by atoms with van der Waals surface area (Å²) in [5.74, 6) is 0. The lowest BCUT2D eigenvalue weighted by Gasteiger charge is -2.15. The summed E-state index contributed by atoms with van der Waals surface area (Å²) < 4.78 is 2.34. The van der Waals surface area contributed by atoms with Crippen molar-refractivity contribution in [2.75, 3.05) is 18.8 Å². The molecule has 4 nitrogen and oxygen atoms in total. The van der Waals surface area contributed by atoms with Crippen LogP contribution in [0.25, 0.3) is 38.6 Å². The maximum atomic E-state index is 6.66. The zero-order valence-corrected chi connectivity index (χ0v) is 21.0. The third-order valence-electron chi connectivity index (χ3n) is 7.59. The Morgan fingerprint density at radius 1 is 0.763 bits per heavy atom. The maximum Gasteiger partial charge on any atom is 0.0760 e. The molecule has 1 aromatic heterocycles. The van der Waals surface area contributed by atoms with Crippen molar-refractivity contribution in [3.63, 3.8) is 0 Å². The number of rotatable bonds is 6. The molecule has 0 radical (unpaired) electrons. The number of hydrogen-bond donors (Lipinski definition) is 2. The van der Waals surface area contributed by atoms with E-state index < -0.39 is 0 Å². The lowest BCUT2D eigenvalue weighted by Crippen LogP contribution is -2.17. The molecular formula is C34H28N4. The third kappa shape index (κ3) is 3.87. The molecule has 1 atom stereocenters. The van der Waals surface area contributed by atoms with Gasteiger partial charge in [0.05, 0.1) is 23.1 Å². The van der Waals surface area contributed by atoms with Crippen molar-refractivity contribution in [3.05, 3.63) is 132 Å². The van der Waals surface area contributed by atoms with Gasteiger partial charge in [0.1, 0.15) is 0 Å². The molecule has 4 heteroatoms. The number of benzene rings is 5. The summed E-state index contributed by atoms with van der Waals surface area (Å²) in [6, 6.07) is 42.4. The molecule has 0 bridgehead atoms. The summed E-state index contributed by atoms with van der Waals surface area (Å²) >= 11 is 0. The second-order valence-corrected chi connectivity index (χ2v) is 10.0. The second-order valence-electron chi connectivity index (χ2n) is 10.0. The molecule has 0 spiro atoms. The number of hydrogen-bond acceptors (Lipinski definition) is 3.